The Morgan fingerprint density at radius 3 is 2.66 bits per heavy atom. The van der Waals surface area contributed by atoms with Crippen LogP contribution in [0.25, 0.3) is 0 Å². The van der Waals surface area contributed by atoms with E-state index in [9.17, 15) is 18.0 Å². The molecule has 0 radical (unpaired) electrons. The van der Waals surface area contributed by atoms with E-state index in [-0.39, 0.29) is 18.2 Å². The first-order valence-electron chi connectivity index (χ1n) is 9.34. The highest BCUT2D eigenvalue weighted by atomic mass is 35.5. The lowest BCUT2D eigenvalue weighted by atomic mass is 9.93. The number of halogens is 1. The Labute approximate surface area is 174 Å². The Kier molecular flexibility index (Phi) is 6.64. The number of carbonyl (C=O) groups is 2. The molecule has 0 fully saturated rings. The van der Waals surface area contributed by atoms with E-state index in [0.717, 1.165) is 36.8 Å². The van der Waals surface area contributed by atoms with Gasteiger partial charge in [-0.2, -0.15) is 0 Å². The van der Waals surface area contributed by atoms with Crippen molar-refractivity contribution in [3.8, 4) is 0 Å². The average molecular weight is 439 g/mol. The first-order valence-corrected chi connectivity index (χ1v) is 11.8. The summed E-state index contributed by atoms with van der Waals surface area (Å²) < 4.78 is 28.6. The second-order valence-electron chi connectivity index (χ2n) is 7.20. The molecule has 2 unspecified atom stereocenters. The van der Waals surface area contributed by atoms with Crippen LogP contribution in [0.3, 0.4) is 0 Å². The van der Waals surface area contributed by atoms with Gasteiger partial charge in [-0.3, -0.25) is 9.59 Å². The number of hydrogen-bond acceptors (Lipinski definition) is 5. The quantitative estimate of drug-likeness (QED) is 0.691. The minimum atomic E-state index is -3.30. The molecular weight excluding hydrogens is 416 g/mol. The third kappa shape index (κ3) is 5.83. The molecule has 1 aromatic heterocycles. The number of furan rings is 1. The summed E-state index contributed by atoms with van der Waals surface area (Å²) in [5.41, 5.74) is 1.26. The molecule has 1 aromatic carbocycles. The summed E-state index contributed by atoms with van der Waals surface area (Å²) in [5, 5.41) is 6.07. The van der Waals surface area contributed by atoms with Gasteiger partial charge < -0.3 is 15.1 Å². The van der Waals surface area contributed by atoms with E-state index in [4.69, 9.17) is 16.0 Å². The van der Waals surface area contributed by atoms with Crippen molar-refractivity contribution in [2.75, 3.05) is 12.0 Å². The average Bonchev–Trinajstić information content (AvgIpc) is 3.14. The smallest absolute Gasteiger partial charge is 0.251 e. The van der Waals surface area contributed by atoms with Gasteiger partial charge in [-0.15, -0.1) is 0 Å². The number of sulfone groups is 1. The molecule has 3 rings (SSSR count). The first-order chi connectivity index (χ1) is 13.7. The van der Waals surface area contributed by atoms with Gasteiger partial charge in [-0.25, -0.2) is 8.42 Å². The van der Waals surface area contributed by atoms with Crippen molar-refractivity contribution in [2.24, 2.45) is 0 Å². The molecule has 2 amide bonds. The fourth-order valence-corrected chi connectivity index (χ4v) is 4.14. The van der Waals surface area contributed by atoms with Crippen LogP contribution < -0.4 is 10.6 Å². The Balaban J connectivity index is 1.73. The van der Waals surface area contributed by atoms with Crippen LogP contribution in [0, 0.1) is 0 Å². The van der Waals surface area contributed by atoms with Gasteiger partial charge in [-0.05, 0) is 49.6 Å². The van der Waals surface area contributed by atoms with E-state index in [0.29, 0.717) is 10.6 Å². The molecule has 1 aliphatic rings. The highest BCUT2D eigenvalue weighted by Crippen LogP contribution is 2.30. The van der Waals surface area contributed by atoms with Crippen LogP contribution in [0.1, 0.15) is 47.0 Å². The van der Waals surface area contributed by atoms with E-state index in [1.54, 1.807) is 30.5 Å². The number of aryl methyl sites for hydroxylation is 1. The van der Waals surface area contributed by atoms with Crippen molar-refractivity contribution >= 4 is 33.3 Å². The number of carbonyl (C=O) groups excluding carboxylic acids is 2. The summed E-state index contributed by atoms with van der Waals surface area (Å²) in [6.07, 6.45) is 5.12. The van der Waals surface area contributed by atoms with Crippen LogP contribution in [-0.4, -0.2) is 38.3 Å². The second kappa shape index (κ2) is 9.00. The Morgan fingerprint density at radius 2 is 1.97 bits per heavy atom. The Bertz CT molecular complexity index is 985. The Morgan fingerprint density at radius 1 is 1.24 bits per heavy atom. The second-order valence-corrected chi connectivity index (χ2v) is 9.90. The van der Waals surface area contributed by atoms with Crippen molar-refractivity contribution in [3.63, 3.8) is 0 Å². The number of nitrogens with one attached hydrogen (secondary N) is 2. The van der Waals surface area contributed by atoms with Crippen molar-refractivity contribution < 1.29 is 22.4 Å². The van der Waals surface area contributed by atoms with E-state index in [1.165, 1.54) is 0 Å². The molecule has 1 aliphatic carbocycles. The van der Waals surface area contributed by atoms with Crippen molar-refractivity contribution in [2.45, 2.75) is 37.8 Å². The first kappa shape index (κ1) is 21.4. The number of benzene rings is 1. The molecule has 2 aromatic rings. The van der Waals surface area contributed by atoms with Crippen LogP contribution in [0.2, 0.25) is 5.02 Å². The number of rotatable bonds is 7. The topological polar surface area (TPSA) is 105 Å². The monoisotopic (exact) mass is 438 g/mol. The van der Waals surface area contributed by atoms with Gasteiger partial charge in [-0.1, -0.05) is 11.6 Å². The van der Waals surface area contributed by atoms with E-state index < -0.39 is 27.7 Å². The maximum absolute atomic E-state index is 12.9. The molecule has 2 N–H and O–H groups in total. The molecule has 7 nitrogen and oxygen atoms in total. The predicted molar refractivity (Wildman–Crippen MR) is 110 cm³/mol. The largest absolute Gasteiger partial charge is 0.469 e. The molecule has 0 saturated heterocycles. The van der Waals surface area contributed by atoms with Crippen LogP contribution >= 0.6 is 11.6 Å². The molecule has 0 bridgehead atoms. The molecule has 156 valence electrons. The normalized spacial score (nSPS) is 17.2. The van der Waals surface area contributed by atoms with Gasteiger partial charge >= 0.3 is 0 Å². The zero-order valence-electron chi connectivity index (χ0n) is 16.0. The maximum Gasteiger partial charge on any atom is 0.251 e. The van der Waals surface area contributed by atoms with E-state index >= 15 is 0 Å². The zero-order chi connectivity index (χ0) is 21.0. The lowest BCUT2D eigenvalue weighted by molar-refractivity contribution is -0.123. The van der Waals surface area contributed by atoms with Crippen LogP contribution in [-0.2, 0) is 21.1 Å². The minimum absolute atomic E-state index is 0.0189. The number of hydrogen-bond donors (Lipinski definition) is 2. The van der Waals surface area contributed by atoms with Crippen LogP contribution in [0.15, 0.2) is 41.0 Å². The summed E-state index contributed by atoms with van der Waals surface area (Å²) in [4.78, 5) is 25.5. The van der Waals surface area contributed by atoms with Crippen LogP contribution in [0.5, 0.6) is 0 Å². The molecule has 29 heavy (non-hydrogen) atoms. The Hall–Kier alpha value is -2.32. The summed E-state index contributed by atoms with van der Waals surface area (Å²) in [7, 11) is -3.30. The molecule has 2 atom stereocenters. The van der Waals surface area contributed by atoms with E-state index in [1.807, 2.05) is 6.07 Å². The molecule has 9 heteroatoms. The summed E-state index contributed by atoms with van der Waals surface area (Å²) in [6.45, 7) is 0. The number of amides is 2. The molecule has 0 aliphatic heterocycles. The maximum atomic E-state index is 12.9. The van der Waals surface area contributed by atoms with Gasteiger partial charge in [0.25, 0.3) is 5.91 Å². The van der Waals surface area contributed by atoms with Gasteiger partial charge in [0, 0.05) is 28.8 Å². The fourth-order valence-electron chi connectivity index (χ4n) is 3.35. The van der Waals surface area contributed by atoms with Gasteiger partial charge in [0.2, 0.25) is 5.91 Å². The van der Waals surface area contributed by atoms with E-state index in [2.05, 4.69) is 10.6 Å². The van der Waals surface area contributed by atoms with Gasteiger partial charge in [0.15, 0.2) is 0 Å². The zero-order valence-corrected chi connectivity index (χ0v) is 17.6. The third-order valence-corrected chi connectivity index (χ3v) is 6.10. The van der Waals surface area contributed by atoms with Gasteiger partial charge in [0.05, 0.1) is 18.1 Å². The van der Waals surface area contributed by atoms with Crippen molar-refractivity contribution in [1.82, 2.24) is 10.6 Å². The lowest BCUT2D eigenvalue weighted by Crippen LogP contribution is -2.48. The fraction of sp³-hybridized carbons (Fsp3) is 0.400. The lowest BCUT2D eigenvalue weighted by Gasteiger charge is -2.26. The van der Waals surface area contributed by atoms with Crippen LogP contribution in [0.4, 0.5) is 0 Å². The summed E-state index contributed by atoms with van der Waals surface area (Å²) in [6, 6.07) is 6.86. The minimum Gasteiger partial charge on any atom is -0.469 e. The van der Waals surface area contributed by atoms with Crippen molar-refractivity contribution in [3.05, 3.63) is 58.5 Å². The molecular formula is C20H23ClN2O5S. The summed E-state index contributed by atoms with van der Waals surface area (Å²) >= 11 is 5.84. The predicted octanol–water partition coefficient (Wildman–Crippen LogP) is 2.66. The summed E-state index contributed by atoms with van der Waals surface area (Å²) in [5.74, 6) is -0.259. The highest BCUT2D eigenvalue weighted by Gasteiger charge is 2.28. The SMILES string of the molecule is CS(=O)(=O)CCC(NC(=O)c1ccc(Cl)cc1)C(=O)NC1CCCc2occc21. The standard InChI is InChI=1S/C20H23ClN2O5S/c1-29(26,27)12-10-17(23-19(24)13-5-7-14(21)8-6-13)20(25)22-16-3-2-4-18-15(16)9-11-28-18/h5-9,11,16-17H,2-4,10,12H2,1H3,(H,22,25)(H,23,24). The molecule has 0 saturated carbocycles. The van der Waals surface area contributed by atoms with Crippen molar-refractivity contribution in [1.29, 1.82) is 0 Å². The molecule has 0 spiro atoms. The molecule has 1 heterocycles. The van der Waals surface area contributed by atoms with Gasteiger partial charge in [0.1, 0.15) is 21.6 Å². The highest BCUT2D eigenvalue weighted by molar-refractivity contribution is 7.90. The number of fused-ring (bicyclic) bond motifs is 1. The third-order valence-electron chi connectivity index (χ3n) is 4.87.